The minimum atomic E-state index is -0.790. The summed E-state index contributed by atoms with van der Waals surface area (Å²) in [7, 11) is 1.50. The fourth-order valence-electron chi connectivity index (χ4n) is 3.74. The molecule has 0 aliphatic carbocycles. The highest BCUT2D eigenvalue weighted by molar-refractivity contribution is 6.06. The van der Waals surface area contributed by atoms with Gasteiger partial charge in [-0.3, -0.25) is 4.79 Å². The smallest absolute Gasteiger partial charge is 0.206 e. The highest BCUT2D eigenvalue weighted by Gasteiger charge is 2.23. The minimum absolute atomic E-state index is 0.00874. The molecule has 0 saturated heterocycles. The molecule has 4 aromatic rings. The van der Waals surface area contributed by atoms with Crippen LogP contribution in [-0.4, -0.2) is 31.5 Å². The zero-order valence-electron chi connectivity index (χ0n) is 18.4. The molecule has 168 valence electrons. The third kappa shape index (κ3) is 4.22. The quantitative estimate of drug-likeness (QED) is 0.405. The Kier molecular flexibility index (Phi) is 6.48. The maximum absolute atomic E-state index is 12.9. The lowest BCUT2D eigenvalue weighted by Crippen LogP contribution is -2.33. The minimum Gasteiger partial charge on any atom is -0.490 e. The first-order valence-corrected chi connectivity index (χ1v) is 10.7. The Morgan fingerprint density at radius 1 is 1.12 bits per heavy atom. The van der Waals surface area contributed by atoms with Crippen molar-refractivity contribution in [2.24, 2.45) is 0 Å². The molecule has 0 aliphatic heterocycles. The number of ether oxygens (including phenoxy) is 2. The van der Waals surface area contributed by atoms with E-state index in [2.05, 4.69) is 5.32 Å². The number of fused-ring (bicyclic) bond motifs is 2. The zero-order chi connectivity index (χ0) is 22.7. The van der Waals surface area contributed by atoms with E-state index in [0.29, 0.717) is 41.2 Å². The topological polar surface area (TPSA) is 94.1 Å². The van der Waals surface area contributed by atoms with Crippen LogP contribution in [0, 0.1) is 0 Å². The number of hydrogen-bond acceptors (Lipinski definition) is 7. The zero-order valence-corrected chi connectivity index (χ0v) is 18.4. The summed E-state index contributed by atoms with van der Waals surface area (Å²) in [4.78, 5) is 12.9. The van der Waals surface area contributed by atoms with Crippen molar-refractivity contribution in [3.8, 4) is 11.5 Å². The summed E-state index contributed by atoms with van der Waals surface area (Å²) in [6, 6.07) is 13.2. The monoisotopic (exact) mass is 437 g/mol. The molecule has 0 amide bonds. The van der Waals surface area contributed by atoms with E-state index in [1.54, 1.807) is 6.07 Å². The lowest BCUT2D eigenvalue weighted by atomic mass is 10.1. The normalized spacial score (nSPS) is 13.4. The molecule has 0 radical (unpaired) electrons. The SMILES string of the molecule is CCc1cc(=O)c2c(OCC(O)CNC(C)c3ccccc3)c3ccoc3c(OC)c2o1. The summed E-state index contributed by atoms with van der Waals surface area (Å²) >= 11 is 0. The first-order valence-electron chi connectivity index (χ1n) is 10.7. The highest BCUT2D eigenvalue weighted by Crippen LogP contribution is 2.42. The molecule has 0 saturated carbocycles. The number of aliphatic hydroxyl groups excluding tert-OH is 1. The Hall–Kier alpha value is -3.29. The summed E-state index contributed by atoms with van der Waals surface area (Å²) in [6.45, 7) is 4.25. The molecule has 2 unspecified atom stereocenters. The molecular weight excluding hydrogens is 410 g/mol. The van der Waals surface area contributed by atoms with Gasteiger partial charge in [-0.05, 0) is 18.6 Å². The van der Waals surface area contributed by atoms with Crippen molar-refractivity contribution < 1.29 is 23.4 Å². The maximum atomic E-state index is 12.9. The third-order valence-electron chi connectivity index (χ3n) is 5.48. The first kappa shape index (κ1) is 21.9. The number of rotatable bonds is 9. The summed E-state index contributed by atoms with van der Waals surface area (Å²) in [5.74, 6) is 1.20. The molecule has 0 spiro atoms. The third-order valence-corrected chi connectivity index (χ3v) is 5.48. The lowest BCUT2D eigenvalue weighted by Gasteiger charge is -2.19. The molecular formula is C25H27NO6. The Balaban J connectivity index is 1.59. The molecule has 2 aromatic heterocycles. The summed E-state index contributed by atoms with van der Waals surface area (Å²) in [5, 5.41) is 14.7. The predicted molar refractivity (Wildman–Crippen MR) is 123 cm³/mol. The van der Waals surface area contributed by atoms with Gasteiger partial charge in [0.05, 0.1) is 18.8 Å². The fraction of sp³-hybridized carbons (Fsp3) is 0.320. The van der Waals surface area contributed by atoms with Crippen molar-refractivity contribution in [1.29, 1.82) is 0 Å². The molecule has 0 aliphatic rings. The summed E-state index contributed by atoms with van der Waals surface area (Å²) in [5.41, 5.74) is 1.60. The number of hydrogen-bond donors (Lipinski definition) is 2. The van der Waals surface area contributed by atoms with E-state index in [4.69, 9.17) is 18.3 Å². The average molecular weight is 437 g/mol. The van der Waals surface area contributed by atoms with Gasteiger partial charge in [0.25, 0.3) is 0 Å². The van der Waals surface area contributed by atoms with Crippen LogP contribution in [0.2, 0.25) is 0 Å². The van der Waals surface area contributed by atoms with Crippen LogP contribution in [0.5, 0.6) is 11.5 Å². The molecule has 2 N–H and O–H groups in total. The molecule has 4 rings (SSSR count). The Bertz CT molecular complexity index is 1260. The van der Waals surface area contributed by atoms with E-state index in [1.165, 1.54) is 19.4 Å². The van der Waals surface area contributed by atoms with E-state index >= 15 is 0 Å². The molecule has 0 fully saturated rings. The van der Waals surface area contributed by atoms with E-state index in [9.17, 15) is 9.90 Å². The predicted octanol–water partition coefficient (Wildman–Crippen LogP) is 4.20. The van der Waals surface area contributed by atoms with Gasteiger partial charge in [-0.15, -0.1) is 0 Å². The van der Waals surface area contributed by atoms with Crippen LogP contribution in [0.1, 0.15) is 31.2 Å². The molecule has 32 heavy (non-hydrogen) atoms. The van der Waals surface area contributed by atoms with Crippen LogP contribution in [-0.2, 0) is 6.42 Å². The number of aliphatic hydroxyl groups is 1. The number of aryl methyl sites for hydroxylation is 1. The van der Waals surface area contributed by atoms with Crippen LogP contribution in [0.4, 0.5) is 0 Å². The first-order chi connectivity index (χ1) is 15.5. The van der Waals surface area contributed by atoms with Crippen molar-refractivity contribution in [3.63, 3.8) is 0 Å². The van der Waals surface area contributed by atoms with Crippen LogP contribution in [0.3, 0.4) is 0 Å². The van der Waals surface area contributed by atoms with Gasteiger partial charge < -0.3 is 28.7 Å². The second kappa shape index (κ2) is 9.46. The van der Waals surface area contributed by atoms with Crippen molar-refractivity contribution in [3.05, 3.63) is 70.3 Å². The van der Waals surface area contributed by atoms with Gasteiger partial charge in [0.15, 0.2) is 16.6 Å². The van der Waals surface area contributed by atoms with Gasteiger partial charge in [-0.1, -0.05) is 37.3 Å². The molecule has 7 nitrogen and oxygen atoms in total. The Morgan fingerprint density at radius 3 is 2.62 bits per heavy atom. The van der Waals surface area contributed by atoms with Crippen molar-refractivity contribution in [2.45, 2.75) is 32.4 Å². The number of nitrogens with one attached hydrogen (secondary N) is 1. The van der Waals surface area contributed by atoms with E-state index in [0.717, 1.165) is 5.56 Å². The fourth-order valence-corrected chi connectivity index (χ4v) is 3.74. The van der Waals surface area contributed by atoms with Gasteiger partial charge in [-0.2, -0.15) is 0 Å². The molecule has 2 aromatic carbocycles. The number of benzene rings is 2. The summed E-state index contributed by atoms with van der Waals surface area (Å²) in [6.07, 6.45) is 1.27. The molecule has 2 atom stereocenters. The maximum Gasteiger partial charge on any atom is 0.206 e. The number of methoxy groups -OCH3 is 1. The average Bonchev–Trinajstić information content (AvgIpc) is 3.30. The summed E-state index contributed by atoms with van der Waals surface area (Å²) < 4.78 is 23.0. The van der Waals surface area contributed by atoms with Gasteiger partial charge in [-0.25, -0.2) is 0 Å². The second-order valence-electron chi connectivity index (χ2n) is 7.67. The number of furan rings is 1. The van der Waals surface area contributed by atoms with Crippen LogP contribution in [0.25, 0.3) is 21.9 Å². The lowest BCUT2D eigenvalue weighted by molar-refractivity contribution is 0.105. The van der Waals surface area contributed by atoms with Crippen LogP contribution < -0.4 is 20.2 Å². The molecule has 7 heteroatoms. The molecule has 2 heterocycles. The van der Waals surface area contributed by atoms with Gasteiger partial charge in [0.1, 0.15) is 29.6 Å². The van der Waals surface area contributed by atoms with E-state index < -0.39 is 6.10 Å². The standard InChI is InChI=1S/C25H27NO6/c1-4-18-12-20(28)21-22(19-10-11-30-23(19)25(29-3)24(21)32-18)31-14-17(27)13-26-15(2)16-8-6-5-7-9-16/h5-12,15,17,26-27H,4,13-14H2,1-3H3. The van der Waals surface area contributed by atoms with Gasteiger partial charge >= 0.3 is 0 Å². The Morgan fingerprint density at radius 2 is 1.91 bits per heavy atom. The van der Waals surface area contributed by atoms with E-state index in [1.807, 2.05) is 44.2 Å². The van der Waals surface area contributed by atoms with Crippen LogP contribution in [0.15, 0.2) is 62.4 Å². The van der Waals surface area contributed by atoms with Gasteiger partial charge in [0, 0.05) is 25.1 Å². The van der Waals surface area contributed by atoms with E-state index in [-0.39, 0.29) is 29.0 Å². The molecule has 0 bridgehead atoms. The van der Waals surface area contributed by atoms with Crippen molar-refractivity contribution in [2.75, 3.05) is 20.3 Å². The van der Waals surface area contributed by atoms with Crippen molar-refractivity contribution >= 4 is 21.9 Å². The highest BCUT2D eigenvalue weighted by atomic mass is 16.5. The second-order valence-corrected chi connectivity index (χ2v) is 7.67. The Labute approximate surface area is 185 Å². The largest absolute Gasteiger partial charge is 0.490 e. The van der Waals surface area contributed by atoms with Crippen LogP contribution >= 0.6 is 0 Å². The van der Waals surface area contributed by atoms with Crippen molar-refractivity contribution in [1.82, 2.24) is 5.32 Å². The van der Waals surface area contributed by atoms with Gasteiger partial charge in [0.2, 0.25) is 5.75 Å².